The first-order valence-electron chi connectivity index (χ1n) is 3.48. The summed E-state index contributed by atoms with van der Waals surface area (Å²) in [7, 11) is 0. The summed E-state index contributed by atoms with van der Waals surface area (Å²) < 4.78 is 4.77. The van der Waals surface area contributed by atoms with Gasteiger partial charge in [0.2, 0.25) is 0 Å². The van der Waals surface area contributed by atoms with E-state index in [1.54, 1.807) is 19.9 Å². The average Bonchev–Trinajstić information content (AvgIpc) is 2.34. The molecule has 3 N–H and O–H groups in total. The van der Waals surface area contributed by atoms with E-state index in [9.17, 15) is 5.11 Å². The maximum atomic E-state index is 9.36. The highest BCUT2D eigenvalue weighted by molar-refractivity contribution is 5.08. The summed E-state index contributed by atoms with van der Waals surface area (Å²) in [5, 5.41) is 13.0. The van der Waals surface area contributed by atoms with E-state index in [4.69, 9.17) is 10.3 Å². The summed E-state index contributed by atoms with van der Waals surface area (Å²) in [4.78, 5) is 0. The Hall–Kier alpha value is -0.870. The molecule has 1 aromatic rings. The lowest BCUT2D eigenvalue weighted by atomic mass is 10.1. The zero-order chi connectivity index (χ0) is 8.43. The van der Waals surface area contributed by atoms with Crippen LogP contribution in [0.2, 0.25) is 0 Å². The molecule has 62 valence electrons. The molecule has 4 heteroatoms. The van der Waals surface area contributed by atoms with Gasteiger partial charge in [0.15, 0.2) is 0 Å². The van der Waals surface area contributed by atoms with Crippen molar-refractivity contribution < 1.29 is 9.63 Å². The van der Waals surface area contributed by atoms with Crippen molar-refractivity contribution in [2.75, 3.05) is 0 Å². The van der Waals surface area contributed by atoms with Crippen LogP contribution in [0, 0.1) is 6.92 Å². The van der Waals surface area contributed by atoms with Crippen LogP contribution in [0.4, 0.5) is 0 Å². The normalized spacial score (nSPS) is 16.4. The Balaban J connectivity index is 2.76. The molecule has 11 heavy (non-hydrogen) atoms. The number of aliphatic hydroxyl groups excluding tert-OH is 1. The van der Waals surface area contributed by atoms with E-state index in [1.807, 2.05) is 0 Å². The zero-order valence-corrected chi connectivity index (χ0v) is 6.61. The molecule has 1 heterocycles. The van der Waals surface area contributed by atoms with Crippen molar-refractivity contribution in [1.29, 1.82) is 0 Å². The molecule has 0 fully saturated rings. The third-order valence-corrected chi connectivity index (χ3v) is 1.45. The van der Waals surface area contributed by atoms with E-state index < -0.39 is 6.10 Å². The quantitative estimate of drug-likeness (QED) is 0.648. The zero-order valence-electron chi connectivity index (χ0n) is 6.61. The van der Waals surface area contributed by atoms with Crippen LogP contribution in [0.25, 0.3) is 0 Å². The molecule has 0 aliphatic rings. The highest BCUT2D eigenvalue weighted by Gasteiger charge is 2.15. The van der Waals surface area contributed by atoms with Crippen LogP contribution in [-0.4, -0.2) is 16.3 Å². The first-order chi connectivity index (χ1) is 5.11. The van der Waals surface area contributed by atoms with E-state index in [2.05, 4.69) is 5.16 Å². The minimum Gasteiger partial charge on any atom is -0.385 e. The maximum Gasteiger partial charge on any atom is 0.134 e. The van der Waals surface area contributed by atoms with Crippen LogP contribution in [0.3, 0.4) is 0 Å². The fraction of sp³-hybridized carbons (Fsp3) is 0.571. The van der Waals surface area contributed by atoms with Gasteiger partial charge in [0.25, 0.3) is 0 Å². The molecule has 0 saturated heterocycles. The van der Waals surface area contributed by atoms with E-state index in [0.717, 1.165) is 0 Å². The highest BCUT2D eigenvalue weighted by atomic mass is 16.5. The largest absolute Gasteiger partial charge is 0.385 e. The van der Waals surface area contributed by atoms with Gasteiger partial charge in [0.1, 0.15) is 17.6 Å². The third kappa shape index (κ3) is 1.78. The summed E-state index contributed by atoms with van der Waals surface area (Å²) in [5.41, 5.74) is 5.94. The Morgan fingerprint density at radius 2 is 2.36 bits per heavy atom. The number of nitrogens with zero attached hydrogens (tertiary/aromatic N) is 1. The van der Waals surface area contributed by atoms with Crippen molar-refractivity contribution in [3.05, 3.63) is 17.5 Å². The topological polar surface area (TPSA) is 72.3 Å². The van der Waals surface area contributed by atoms with Gasteiger partial charge in [-0.15, -0.1) is 0 Å². The lowest BCUT2D eigenvalue weighted by molar-refractivity contribution is 0.144. The molecule has 4 nitrogen and oxygen atoms in total. The predicted octanol–water partition coefficient (Wildman–Crippen LogP) is 0.364. The summed E-state index contributed by atoms with van der Waals surface area (Å²) in [6, 6.07) is 1.35. The van der Waals surface area contributed by atoms with Gasteiger partial charge in [0.05, 0.1) is 0 Å². The van der Waals surface area contributed by atoms with Gasteiger partial charge in [-0.2, -0.15) is 0 Å². The van der Waals surface area contributed by atoms with Gasteiger partial charge in [-0.1, -0.05) is 5.16 Å². The molecule has 2 atom stereocenters. The SMILES string of the molecule is Cc1cc(C(O)C(C)N)no1. The van der Waals surface area contributed by atoms with Gasteiger partial charge < -0.3 is 15.4 Å². The van der Waals surface area contributed by atoms with E-state index in [-0.39, 0.29) is 6.04 Å². The van der Waals surface area contributed by atoms with Crippen LogP contribution in [0.5, 0.6) is 0 Å². The second kappa shape index (κ2) is 3.02. The van der Waals surface area contributed by atoms with Crippen LogP contribution >= 0.6 is 0 Å². The highest BCUT2D eigenvalue weighted by Crippen LogP contribution is 2.14. The van der Waals surface area contributed by atoms with E-state index >= 15 is 0 Å². The Bertz CT molecular complexity index is 232. The van der Waals surface area contributed by atoms with Gasteiger partial charge in [0, 0.05) is 12.1 Å². The number of hydrogen-bond donors (Lipinski definition) is 2. The number of aryl methyl sites for hydroxylation is 1. The van der Waals surface area contributed by atoms with Gasteiger partial charge in [-0.3, -0.25) is 0 Å². The summed E-state index contributed by atoms with van der Waals surface area (Å²) in [5.74, 6) is 0.680. The Morgan fingerprint density at radius 3 is 2.73 bits per heavy atom. The fourth-order valence-corrected chi connectivity index (χ4v) is 0.794. The van der Waals surface area contributed by atoms with Crippen LogP contribution in [0.15, 0.2) is 10.6 Å². The summed E-state index contributed by atoms with van der Waals surface area (Å²) in [6.45, 7) is 3.49. The second-order valence-corrected chi connectivity index (χ2v) is 2.67. The number of nitrogens with two attached hydrogens (primary N) is 1. The molecule has 0 aliphatic carbocycles. The second-order valence-electron chi connectivity index (χ2n) is 2.67. The third-order valence-electron chi connectivity index (χ3n) is 1.45. The van der Waals surface area contributed by atoms with Gasteiger partial charge in [-0.25, -0.2) is 0 Å². The van der Waals surface area contributed by atoms with Crippen molar-refractivity contribution in [3.8, 4) is 0 Å². The Kier molecular flexibility index (Phi) is 2.26. The summed E-state index contributed by atoms with van der Waals surface area (Å²) in [6.07, 6.45) is -0.729. The minimum absolute atomic E-state index is 0.320. The molecule has 0 amide bonds. The smallest absolute Gasteiger partial charge is 0.134 e. The molecule has 0 bridgehead atoms. The van der Waals surface area contributed by atoms with Crippen molar-refractivity contribution in [1.82, 2.24) is 5.16 Å². The molecule has 0 aromatic carbocycles. The molecule has 0 aliphatic heterocycles. The number of rotatable bonds is 2. The molecule has 1 aromatic heterocycles. The standard InChI is InChI=1S/C7H12N2O2/c1-4-3-6(9-11-4)7(10)5(2)8/h3,5,7,10H,8H2,1-2H3. The van der Waals surface area contributed by atoms with Gasteiger partial charge >= 0.3 is 0 Å². The molecule has 0 radical (unpaired) electrons. The monoisotopic (exact) mass is 156 g/mol. The molecular formula is C7H12N2O2. The van der Waals surface area contributed by atoms with Gasteiger partial charge in [-0.05, 0) is 13.8 Å². The summed E-state index contributed by atoms with van der Waals surface area (Å²) >= 11 is 0. The van der Waals surface area contributed by atoms with Crippen molar-refractivity contribution >= 4 is 0 Å². The Morgan fingerprint density at radius 1 is 1.73 bits per heavy atom. The predicted molar refractivity (Wildman–Crippen MR) is 39.8 cm³/mol. The van der Waals surface area contributed by atoms with E-state index in [0.29, 0.717) is 11.5 Å². The van der Waals surface area contributed by atoms with Crippen molar-refractivity contribution in [2.45, 2.75) is 26.0 Å². The number of aliphatic hydroxyl groups is 1. The van der Waals surface area contributed by atoms with Crippen molar-refractivity contribution in [3.63, 3.8) is 0 Å². The fourth-order valence-electron chi connectivity index (χ4n) is 0.794. The van der Waals surface area contributed by atoms with Crippen LogP contribution in [0.1, 0.15) is 24.5 Å². The average molecular weight is 156 g/mol. The first-order valence-corrected chi connectivity index (χ1v) is 3.48. The molecular weight excluding hydrogens is 144 g/mol. The molecule has 0 saturated carbocycles. The van der Waals surface area contributed by atoms with Crippen LogP contribution in [-0.2, 0) is 0 Å². The lowest BCUT2D eigenvalue weighted by Gasteiger charge is -2.09. The lowest BCUT2D eigenvalue weighted by Crippen LogP contribution is -2.24. The first kappa shape index (κ1) is 8.23. The van der Waals surface area contributed by atoms with Crippen molar-refractivity contribution in [2.24, 2.45) is 5.73 Å². The van der Waals surface area contributed by atoms with E-state index in [1.165, 1.54) is 0 Å². The number of hydrogen-bond acceptors (Lipinski definition) is 4. The maximum absolute atomic E-state index is 9.36. The molecule has 0 spiro atoms. The van der Waals surface area contributed by atoms with Crippen LogP contribution < -0.4 is 5.73 Å². The number of aromatic nitrogens is 1. The Labute approximate surface area is 65.0 Å². The molecule has 1 rings (SSSR count). The minimum atomic E-state index is -0.729. The molecule has 2 unspecified atom stereocenters.